The maximum Gasteiger partial charge on any atom is 0.261 e. The number of carbonyl (C=O) groups is 1. The van der Waals surface area contributed by atoms with Gasteiger partial charge in [-0.3, -0.25) is 10.2 Å². The molecule has 0 unspecified atom stereocenters. The van der Waals surface area contributed by atoms with Gasteiger partial charge in [-0.25, -0.2) is 0 Å². The number of anilines is 1. The lowest BCUT2D eigenvalue weighted by molar-refractivity contribution is 0.102. The van der Waals surface area contributed by atoms with Crippen molar-refractivity contribution in [3.05, 3.63) is 64.7 Å². The van der Waals surface area contributed by atoms with Gasteiger partial charge in [-0.2, -0.15) is 0 Å². The Morgan fingerprint density at radius 1 is 1.21 bits per heavy atom. The van der Waals surface area contributed by atoms with Crippen molar-refractivity contribution in [2.75, 3.05) is 11.9 Å². The highest BCUT2D eigenvalue weighted by Crippen LogP contribution is 2.20. The first kappa shape index (κ1) is 16.1. The third-order valence-corrected chi connectivity index (χ3v) is 3.63. The number of ether oxygens (including phenoxy) is 1. The second-order valence-corrected chi connectivity index (χ2v) is 5.52. The predicted molar refractivity (Wildman–Crippen MR) is 92.6 cm³/mol. The van der Waals surface area contributed by atoms with Crippen LogP contribution in [0.25, 0.3) is 11.0 Å². The molecule has 0 atom stereocenters. The van der Waals surface area contributed by atoms with E-state index in [1.165, 1.54) is 0 Å². The van der Waals surface area contributed by atoms with Crippen molar-refractivity contribution in [3.8, 4) is 5.75 Å². The lowest BCUT2D eigenvalue weighted by Crippen LogP contribution is -2.20. The summed E-state index contributed by atoms with van der Waals surface area (Å²) >= 11 is 5.96. The van der Waals surface area contributed by atoms with E-state index in [0.717, 1.165) is 5.75 Å². The Bertz CT molecular complexity index is 949. The number of fused-ring (bicyclic) bond motifs is 1. The quantitative estimate of drug-likeness (QED) is 0.745. The summed E-state index contributed by atoms with van der Waals surface area (Å²) in [6, 6.07) is 13.6. The summed E-state index contributed by atoms with van der Waals surface area (Å²) in [4.78, 5) is 12.4. The van der Waals surface area contributed by atoms with Gasteiger partial charge in [0.2, 0.25) is 5.55 Å². The zero-order valence-electron chi connectivity index (χ0n) is 12.9. The van der Waals surface area contributed by atoms with Crippen LogP contribution in [0.15, 0.2) is 52.9 Å². The average molecular weight is 343 g/mol. The van der Waals surface area contributed by atoms with E-state index in [-0.39, 0.29) is 11.1 Å². The van der Waals surface area contributed by atoms with Crippen LogP contribution in [0.2, 0.25) is 5.02 Å². The molecule has 3 rings (SSSR count). The topological polar surface area (TPSA) is 75.3 Å². The van der Waals surface area contributed by atoms with Crippen LogP contribution >= 0.6 is 11.6 Å². The largest absolute Gasteiger partial charge is 0.494 e. The Kier molecular flexibility index (Phi) is 4.53. The van der Waals surface area contributed by atoms with Crippen molar-refractivity contribution in [3.63, 3.8) is 0 Å². The van der Waals surface area contributed by atoms with Gasteiger partial charge >= 0.3 is 0 Å². The number of benzene rings is 2. The van der Waals surface area contributed by atoms with Crippen molar-refractivity contribution in [1.82, 2.24) is 0 Å². The van der Waals surface area contributed by atoms with Crippen molar-refractivity contribution in [1.29, 1.82) is 5.41 Å². The fourth-order valence-corrected chi connectivity index (χ4v) is 2.46. The number of halogens is 1. The first-order valence-corrected chi connectivity index (χ1v) is 7.77. The van der Waals surface area contributed by atoms with Crippen molar-refractivity contribution < 1.29 is 13.9 Å². The van der Waals surface area contributed by atoms with E-state index in [0.29, 0.717) is 28.3 Å². The highest BCUT2D eigenvalue weighted by Gasteiger charge is 2.12. The minimum absolute atomic E-state index is 0.138. The lowest BCUT2D eigenvalue weighted by atomic mass is 10.1. The first-order valence-electron chi connectivity index (χ1n) is 7.39. The summed E-state index contributed by atoms with van der Waals surface area (Å²) in [5, 5.41) is 11.8. The van der Waals surface area contributed by atoms with Crippen molar-refractivity contribution >= 4 is 34.2 Å². The van der Waals surface area contributed by atoms with Crippen LogP contribution < -0.4 is 15.6 Å². The van der Waals surface area contributed by atoms with Crippen LogP contribution in [0.4, 0.5) is 5.69 Å². The molecule has 0 bridgehead atoms. The normalized spacial score (nSPS) is 10.6. The molecule has 0 radical (unpaired) electrons. The minimum Gasteiger partial charge on any atom is -0.494 e. The van der Waals surface area contributed by atoms with Gasteiger partial charge in [-0.15, -0.1) is 0 Å². The highest BCUT2D eigenvalue weighted by molar-refractivity contribution is 6.31. The molecule has 0 saturated carbocycles. The third kappa shape index (κ3) is 3.41. The Morgan fingerprint density at radius 3 is 2.67 bits per heavy atom. The van der Waals surface area contributed by atoms with Gasteiger partial charge < -0.3 is 14.5 Å². The molecule has 1 amide bonds. The van der Waals surface area contributed by atoms with Crippen LogP contribution in [0, 0.1) is 5.41 Å². The number of hydrogen-bond donors (Lipinski definition) is 2. The Balaban J connectivity index is 1.87. The summed E-state index contributed by atoms with van der Waals surface area (Å²) in [7, 11) is 0. The fraction of sp³-hybridized carbons (Fsp3) is 0.111. The number of amides is 1. The van der Waals surface area contributed by atoms with E-state index in [1.807, 2.05) is 6.92 Å². The van der Waals surface area contributed by atoms with Crippen molar-refractivity contribution in [2.24, 2.45) is 0 Å². The second-order valence-electron chi connectivity index (χ2n) is 5.08. The number of nitrogens with one attached hydrogen (secondary N) is 2. The maximum absolute atomic E-state index is 12.4. The van der Waals surface area contributed by atoms with Crippen LogP contribution in [0.1, 0.15) is 17.3 Å². The molecule has 0 aliphatic carbocycles. The average Bonchev–Trinajstić information content (AvgIpc) is 2.56. The summed E-state index contributed by atoms with van der Waals surface area (Å²) in [5.41, 5.74) is 1.04. The molecule has 122 valence electrons. The molecular formula is C18H15ClN2O3. The van der Waals surface area contributed by atoms with E-state index < -0.39 is 5.91 Å². The second kappa shape index (κ2) is 6.76. The Labute approximate surface area is 143 Å². The number of hydrogen-bond acceptors (Lipinski definition) is 4. The van der Waals surface area contributed by atoms with Crippen LogP contribution in [-0.2, 0) is 0 Å². The third-order valence-electron chi connectivity index (χ3n) is 3.40. The van der Waals surface area contributed by atoms with Gasteiger partial charge in [0.05, 0.1) is 6.61 Å². The molecule has 0 spiro atoms. The standard InChI is InChI=1S/C18H15ClN2O3/c1-2-23-14-6-4-13(5-7-14)21-18(22)15-10-11-9-12(19)3-8-16(11)24-17(15)20/h3-10,20H,2H2,1H3,(H,21,22). The van der Waals surface area contributed by atoms with Gasteiger partial charge in [0.1, 0.15) is 16.9 Å². The molecule has 1 aromatic heterocycles. The molecule has 2 aromatic carbocycles. The van der Waals surface area contributed by atoms with Gasteiger partial charge in [0.25, 0.3) is 5.91 Å². The van der Waals surface area contributed by atoms with E-state index in [4.69, 9.17) is 26.2 Å². The van der Waals surface area contributed by atoms with E-state index >= 15 is 0 Å². The highest BCUT2D eigenvalue weighted by atomic mass is 35.5. The number of carbonyl (C=O) groups excluding carboxylic acids is 1. The van der Waals surface area contributed by atoms with Crippen LogP contribution in [0.3, 0.4) is 0 Å². The summed E-state index contributed by atoms with van der Waals surface area (Å²) in [5.74, 6) is 0.307. The molecule has 3 aromatic rings. The monoisotopic (exact) mass is 342 g/mol. The molecule has 0 saturated heterocycles. The van der Waals surface area contributed by atoms with Crippen LogP contribution in [0.5, 0.6) is 5.75 Å². The predicted octanol–water partition coefficient (Wildman–Crippen LogP) is 4.22. The Morgan fingerprint density at radius 2 is 1.96 bits per heavy atom. The minimum atomic E-state index is -0.421. The van der Waals surface area contributed by atoms with Gasteiger partial charge in [-0.05, 0) is 55.5 Å². The molecule has 0 aliphatic heterocycles. The smallest absolute Gasteiger partial charge is 0.261 e. The zero-order valence-corrected chi connectivity index (χ0v) is 13.7. The molecule has 1 heterocycles. The summed E-state index contributed by atoms with van der Waals surface area (Å²) < 4.78 is 10.7. The molecule has 0 fully saturated rings. The summed E-state index contributed by atoms with van der Waals surface area (Å²) in [6.07, 6.45) is 0. The number of rotatable bonds is 4. The Hall–Kier alpha value is -2.79. The molecule has 6 heteroatoms. The molecular weight excluding hydrogens is 328 g/mol. The van der Waals surface area contributed by atoms with Gasteiger partial charge in [0.15, 0.2) is 0 Å². The SMILES string of the molecule is CCOc1ccc(NC(=O)c2cc3cc(Cl)ccc3oc2=N)cc1. The van der Waals surface area contributed by atoms with Crippen LogP contribution in [-0.4, -0.2) is 12.5 Å². The molecule has 0 aliphatic rings. The molecule has 5 nitrogen and oxygen atoms in total. The van der Waals surface area contributed by atoms with Crippen molar-refractivity contribution in [2.45, 2.75) is 6.92 Å². The van der Waals surface area contributed by atoms with Gasteiger partial charge in [0, 0.05) is 16.1 Å². The molecule has 24 heavy (non-hydrogen) atoms. The lowest BCUT2D eigenvalue weighted by Gasteiger charge is -2.08. The van der Waals surface area contributed by atoms with E-state index in [1.54, 1.807) is 48.5 Å². The van der Waals surface area contributed by atoms with E-state index in [9.17, 15) is 4.79 Å². The zero-order chi connectivity index (χ0) is 17.1. The summed E-state index contributed by atoms with van der Waals surface area (Å²) in [6.45, 7) is 2.48. The fourth-order valence-electron chi connectivity index (χ4n) is 2.28. The van der Waals surface area contributed by atoms with E-state index in [2.05, 4.69) is 5.32 Å². The first-order chi connectivity index (χ1) is 11.6. The molecule has 2 N–H and O–H groups in total. The maximum atomic E-state index is 12.4. The van der Waals surface area contributed by atoms with Gasteiger partial charge in [-0.1, -0.05) is 11.6 Å².